The lowest BCUT2D eigenvalue weighted by Crippen LogP contribution is -1.90. The molecule has 0 fully saturated rings. The summed E-state index contributed by atoms with van der Waals surface area (Å²) in [4.78, 5) is 2.66. The lowest BCUT2D eigenvalue weighted by molar-refractivity contribution is 0.592. The Morgan fingerprint density at radius 2 is 1.54 bits per heavy atom. The van der Waals surface area contributed by atoms with Crippen molar-refractivity contribution in [2.75, 3.05) is 0 Å². The van der Waals surface area contributed by atoms with Crippen LogP contribution in [0.15, 0.2) is 0 Å². The van der Waals surface area contributed by atoms with E-state index in [1.165, 1.54) is 6.92 Å². The Morgan fingerprint density at radius 3 is 1.85 bits per heavy atom. The Kier molecular flexibility index (Phi) is 2.74. The summed E-state index contributed by atoms with van der Waals surface area (Å²) >= 11 is 10.9. The maximum atomic E-state index is 13.1. The van der Waals surface area contributed by atoms with E-state index in [0.717, 1.165) is 0 Å². The lowest BCUT2D eigenvalue weighted by atomic mass is 10.2. The molecule has 0 radical (unpaired) electrons. The molecule has 1 aromatic rings. The van der Waals surface area contributed by atoms with Gasteiger partial charge in [-0.25, -0.2) is 13.6 Å². The highest BCUT2D eigenvalue weighted by Gasteiger charge is 2.20. The first-order chi connectivity index (χ1) is 6.00. The first-order valence-corrected chi connectivity index (χ1v) is 3.96. The van der Waals surface area contributed by atoms with E-state index in [9.17, 15) is 8.78 Å². The molecule has 0 spiro atoms. The second kappa shape index (κ2) is 3.49. The molecule has 1 rings (SSSR count). The normalized spacial score (nSPS) is 9.85. The summed E-state index contributed by atoms with van der Waals surface area (Å²) in [6, 6.07) is 0. The van der Waals surface area contributed by atoms with Crippen LogP contribution in [-0.2, 0) is 0 Å². The fraction of sp³-hybridized carbons (Fsp3) is 0.125. The molecule has 0 saturated heterocycles. The van der Waals surface area contributed by atoms with Gasteiger partial charge in [-0.1, -0.05) is 23.2 Å². The molecule has 0 aliphatic heterocycles. The van der Waals surface area contributed by atoms with Crippen LogP contribution in [0.3, 0.4) is 0 Å². The molecule has 0 bridgehead atoms. The summed E-state index contributed by atoms with van der Waals surface area (Å²) in [5, 5.41) is -0.616. The predicted octanol–water partition coefficient (Wildman–Crippen LogP) is 4.13. The smallest absolute Gasteiger partial charge is 0.232 e. The van der Waals surface area contributed by atoms with Crippen LogP contribution in [0, 0.1) is 25.1 Å². The zero-order valence-corrected chi connectivity index (χ0v) is 7.97. The Labute approximate surface area is 83.7 Å². The maximum Gasteiger partial charge on any atom is 0.259 e. The number of hydrogen-bond donors (Lipinski definition) is 0. The van der Waals surface area contributed by atoms with Gasteiger partial charge in [-0.2, -0.15) is 0 Å². The molecule has 0 aliphatic carbocycles. The SMILES string of the molecule is [C-]#[N+]c1c(F)c(Cl)c(C)c(Cl)c1F. The van der Waals surface area contributed by atoms with Gasteiger partial charge in [0.2, 0.25) is 0 Å². The molecule has 0 aromatic heterocycles. The summed E-state index contributed by atoms with van der Waals surface area (Å²) in [6.45, 7) is 7.90. The van der Waals surface area contributed by atoms with Crippen LogP contribution in [0.25, 0.3) is 4.85 Å². The first kappa shape index (κ1) is 10.2. The van der Waals surface area contributed by atoms with Crippen molar-refractivity contribution in [1.29, 1.82) is 0 Å². The van der Waals surface area contributed by atoms with Crippen LogP contribution in [0.2, 0.25) is 10.0 Å². The van der Waals surface area contributed by atoms with E-state index in [0.29, 0.717) is 0 Å². The standard InChI is InChI=1S/C8H3Cl2F2N/c1-3-4(9)6(11)8(13-2)7(12)5(3)10/h1H3. The Morgan fingerprint density at radius 1 is 1.15 bits per heavy atom. The van der Waals surface area contributed by atoms with Gasteiger partial charge in [-0.3, -0.25) is 0 Å². The van der Waals surface area contributed by atoms with E-state index >= 15 is 0 Å². The van der Waals surface area contributed by atoms with Crippen LogP contribution >= 0.6 is 23.2 Å². The van der Waals surface area contributed by atoms with Crippen LogP contribution in [0.1, 0.15) is 5.56 Å². The van der Waals surface area contributed by atoms with Crippen molar-refractivity contribution in [1.82, 2.24) is 0 Å². The third-order valence-electron chi connectivity index (χ3n) is 1.57. The van der Waals surface area contributed by atoms with Gasteiger partial charge in [-0.05, 0) is 12.5 Å². The minimum Gasteiger partial charge on any atom is -0.232 e. The predicted molar refractivity (Wildman–Crippen MR) is 47.4 cm³/mol. The van der Waals surface area contributed by atoms with E-state index in [4.69, 9.17) is 29.8 Å². The van der Waals surface area contributed by atoms with Gasteiger partial charge in [-0.15, -0.1) is 0 Å². The van der Waals surface area contributed by atoms with Gasteiger partial charge >= 0.3 is 0 Å². The van der Waals surface area contributed by atoms with E-state index in [2.05, 4.69) is 4.85 Å². The Hall–Kier alpha value is -0.850. The van der Waals surface area contributed by atoms with Gasteiger partial charge < -0.3 is 0 Å². The van der Waals surface area contributed by atoms with Crippen molar-refractivity contribution in [3.8, 4) is 0 Å². The molecule has 0 atom stereocenters. The summed E-state index contributed by atoms with van der Waals surface area (Å²) < 4.78 is 26.1. The molecule has 0 N–H and O–H groups in total. The van der Waals surface area contributed by atoms with E-state index in [1.807, 2.05) is 0 Å². The molecule has 0 aliphatic rings. The third-order valence-corrected chi connectivity index (χ3v) is 2.47. The molecule has 0 heterocycles. The minimum absolute atomic E-state index is 0.103. The van der Waals surface area contributed by atoms with E-state index in [-0.39, 0.29) is 15.6 Å². The molecule has 1 aromatic carbocycles. The fourth-order valence-corrected chi connectivity index (χ4v) is 1.24. The maximum absolute atomic E-state index is 13.1. The van der Waals surface area contributed by atoms with Gasteiger partial charge in [0.25, 0.3) is 5.69 Å². The highest BCUT2D eigenvalue weighted by Crippen LogP contribution is 2.37. The van der Waals surface area contributed by atoms with Crippen molar-refractivity contribution < 1.29 is 8.78 Å². The minimum atomic E-state index is -1.06. The summed E-state index contributed by atoms with van der Waals surface area (Å²) in [5.74, 6) is -2.12. The Balaban J connectivity index is 3.69. The summed E-state index contributed by atoms with van der Waals surface area (Å²) in [7, 11) is 0. The number of halogens is 4. The third kappa shape index (κ3) is 1.48. The van der Waals surface area contributed by atoms with Gasteiger partial charge in [0.05, 0.1) is 16.6 Å². The molecule has 68 valence electrons. The molecule has 1 nitrogen and oxygen atoms in total. The largest absolute Gasteiger partial charge is 0.259 e. The zero-order chi connectivity index (χ0) is 10.2. The van der Waals surface area contributed by atoms with Crippen LogP contribution in [-0.4, -0.2) is 0 Å². The number of benzene rings is 1. The Bertz CT molecular complexity index is 381. The highest BCUT2D eigenvalue weighted by atomic mass is 35.5. The van der Waals surface area contributed by atoms with E-state index in [1.54, 1.807) is 0 Å². The van der Waals surface area contributed by atoms with Crippen LogP contribution < -0.4 is 0 Å². The van der Waals surface area contributed by atoms with Crippen molar-refractivity contribution in [2.45, 2.75) is 6.92 Å². The van der Waals surface area contributed by atoms with Crippen molar-refractivity contribution in [3.63, 3.8) is 0 Å². The van der Waals surface area contributed by atoms with Gasteiger partial charge in [0, 0.05) is 0 Å². The average Bonchev–Trinajstić information content (AvgIpc) is 2.13. The summed E-state index contributed by atoms with van der Waals surface area (Å²) in [5.41, 5.74) is -0.661. The number of rotatable bonds is 0. The van der Waals surface area contributed by atoms with Crippen molar-refractivity contribution >= 4 is 28.9 Å². The monoisotopic (exact) mass is 221 g/mol. The first-order valence-electron chi connectivity index (χ1n) is 3.20. The topological polar surface area (TPSA) is 4.36 Å². The summed E-state index contributed by atoms with van der Waals surface area (Å²) in [6.07, 6.45) is 0. The van der Waals surface area contributed by atoms with Crippen molar-refractivity contribution in [3.05, 3.63) is 38.7 Å². The molecular weight excluding hydrogens is 219 g/mol. The quantitative estimate of drug-likeness (QED) is 0.459. The van der Waals surface area contributed by atoms with Crippen LogP contribution in [0.5, 0.6) is 0 Å². The number of nitrogens with zero attached hydrogens (tertiary/aromatic N) is 1. The molecule has 13 heavy (non-hydrogen) atoms. The highest BCUT2D eigenvalue weighted by molar-refractivity contribution is 6.36. The van der Waals surface area contributed by atoms with E-state index < -0.39 is 17.3 Å². The molecular formula is C8H3Cl2F2N. The molecule has 0 unspecified atom stereocenters. The van der Waals surface area contributed by atoms with Gasteiger partial charge in [0.1, 0.15) is 0 Å². The van der Waals surface area contributed by atoms with Crippen molar-refractivity contribution in [2.24, 2.45) is 0 Å². The average molecular weight is 222 g/mol. The zero-order valence-electron chi connectivity index (χ0n) is 6.46. The molecule has 0 amide bonds. The lowest BCUT2D eigenvalue weighted by Gasteiger charge is -2.05. The molecule has 5 heteroatoms. The molecule has 0 saturated carbocycles. The fourth-order valence-electron chi connectivity index (χ4n) is 0.828. The second-order valence-electron chi connectivity index (χ2n) is 2.34. The second-order valence-corrected chi connectivity index (χ2v) is 3.10. The van der Waals surface area contributed by atoms with Crippen LogP contribution in [0.4, 0.5) is 14.5 Å². The van der Waals surface area contributed by atoms with Gasteiger partial charge in [0.15, 0.2) is 11.6 Å². The number of hydrogen-bond acceptors (Lipinski definition) is 0.